The molecule has 0 radical (unpaired) electrons. The molecule has 0 spiro atoms. The lowest BCUT2D eigenvalue weighted by atomic mass is 9.48. The minimum absolute atomic E-state index is 0.143. The number of ketones is 1. The fraction of sp³-hybridized carbons (Fsp3) is 0.808. The monoisotopic (exact) mass is 421 g/mol. The summed E-state index contributed by atoms with van der Waals surface area (Å²) < 4.78 is 1.67. The molecule has 0 aromatic carbocycles. The maximum atomic E-state index is 13.5. The molecule has 5 fully saturated rings. The van der Waals surface area contributed by atoms with E-state index in [0.29, 0.717) is 35.8 Å². The number of nitriles is 1. The van der Waals surface area contributed by atoms with Gasteiger partial charge in [-0.3, -0.25) is 9.48 Å². The molecule has 31 heavy (non-hydrogen) atoms. The molecular weight excluding hydrogens is 386 g/mol. The van der Waals surface area contributed by atoms with Gasteiger partial charge < -0.3 is 5.11 Å². The highest BCUT2D eigenvalue weighted by molar-refractivity contribution is 5.83. The Morgan fingerprint density at radius 3 is 2.74 bits per heavy atom. The van der Waals surface area contributed by atoms with Crippen LogP contribution < -0.4 is 0 Å². The molecule has 0 saturated heterocycles. The quantitative estimate of drug-likeness (QED) is 0.793. The molecule has 0 unspecified atom stereocenters. The van der Waals surface area contributed by atoms with Crippen LogP contribution in [0.2, 0.25) is 0 Å². The molecule has 166 valence electrons. The van der Waals surface area contributed by atoms with Gasteiger partial charge >= 0.3 is 0 Å². The number of hydrogen-bond donors (Lipinski definition) is 1. The summed E-state index contributed by atoms with van der Waals surface area (Å²) in [5.74, 6) is 5.65. The highest BCUT2D eigenvalue weighted by Gasteiger charge is 2.70. The normalized spacial score (nSPS) is 49.9. The molecule has 1 aromatic heterocycles. The molecule has 0 bridgehead atoms. The number of aliphatic hydroxyl groups is 1. The third kappa shape index (κ3) is 2.97. The number of fused-ring (bicyclic) bond motifs is 7. The third-order valence-corrected chi connectivity index (χ3v) is 10.4. The molecule has 5 heteroatoms. The predicted molar refractivity (Wildman–Crippen MR) is 116 cm³/mol. The number of carbonyl (C=O) groups is 1. The maximum Gasteiger partial charge on any atom is 0.162 e. The van der Waals surface area contributed by atoms with Crippen molar-refractivity contribution < 1.29 is 9.90 Å². The first-order valence-electron chi connectivity index (χ1n) is 12.5. The van der Waals surface area contributed by atoms with Gasteiger partial charge in [-0.25, -0.2) is 0 Å². The van der Waals surface area contributed by atoms with Gasteiger partial charge in [0.1, 0.15) is 6.07 Å². The topological polar surface area (TPSA) is 78.9 Å². The molecule has 6 rings (SSSR count). The molecule has 0 aliphatic heterocycles. The first-order chi connectivity index (χ1) is 14.8. The number of Topliss-reactive ketones (excluding diaryl/α,β-unsaturated/α-hetero) is 1. The largest absolute Gasteiger partial charge is 0.390 e. The van der Waals surface area contributed by atoms with Gasteiger partial charge in [0.2, 0.25) is 0 Å². The van der Waals surface area contributed by atoms with Crippen molar-refractivity contribution in [2.75, 3.05) is 0 Å². The second-order valence-corrected chi connectivity index (χ2v) is 12.2. The first-order valence-corrected chi connectivity index (χ1v) is 12.5. The van der Waals surface area contributed by atoms with Crippen LogP contribution in [-0.4, -0.2) is 26.3 Å². The standard InChI is InChI=1S/C26H35N3O2/c1-25(31)8-5-17-15(12-25)3-4-19-18(17)6-9-26(2)23(19)20-11-21(20)24(26)22(30)14-29-10-7-16(13-27)28-29/h7,10,15,17-21,23-24,31H,3-6,8-9,11-12,14H2,1-2H3/t15-,17+,18-,19-,20-,21+,23-,24+,25-,26+/m1/s1. The fourth-order valence-electron chi connectivity index (χ4n) is 9.42. The van der Waals surface area contributed by atoms with Gasteiger partial charge in [-0.1, -0.05) is 6.92 Å². The molecule has 1 heterocycles. The van der Waals surface area contributed by atoms with Gasteiger partial charge in [0.25, 0.3) is 0 Å². The SMILES string of the molecule is C[C@@]1(O)CC[C@H]2[C@H](CC[C@@H]3[C@@H]2CC[C@@]2(C)[C@H]3[C@@H]3C[C@@H]3[C@H]2C(=O)Cn2ccc(C#N)n2)C1. The van der Waals surface area contributed by atoms with E-state index >= 15 is 0 Å². The minimum Gasteiger partial charge on any atom is -0.390 e. The summed E-state index contributed by atoms with van der Waals surface area (Å²) >= 11 is 0. The van der Waals surface area contributed by atoms with E-state index in [-0.39, 0.29) is 11.3 Å². The van der Waals surface area contributed by atoms with Crippen molar-refractivity contribution in [3.63, 3.8) is 0 Å². The van der Waals surface area contributed by atoms with Crippen LogP contribution in [0.25, 0.3) is 0 Å². The summed E-state index contributed by atoms with van der Waals surface area (Å²) in [7, 11) is 0. The van der Waals surface area contributed by atoms with Crippen molar-refractivity contribution in [1.82, 2.24) is 9.78 Å². The summed E-state index contributed by atoms with van der Waals surface area (Å²) in [5.41, 5.74) is 0.0716. The molecule has 5 saturated carbocycles. The van der Waals surface area contributed by atoms with Crippen LogP contribution in [0.15, 0.2) is 12.3 Å². The average molecular weight is 422 g/mol. The molecule has 5 aliphatic rings. The molecule has 10 atom stereocenters. The van der Waals surface area contributed by atoms with E-state index in [0.717, 1.165) is 36.5 Å². The second-order valence-electron chi connectivity index (χ2n) is 12.2. The molecule has 5 aliphatic carbocycles. The number of carbonyl (C=O) groups excluding carboxylic acids is 1. The number of aromatic nitrogens is 2. The predicted octanol–water partition coefficient (Wildman–Crippen LogP) is 4.20. The van der Waals surface area contributed by atoms with Crippen molar-refractivity contribution in [3.05, 3.63) is 18.0 Å². The Morgan fingerprint density at radius 2 is 1.97 bits per heavy atom. The first kappa shape index (κ1) is 20.0. The van der Waals surface area contributed by atoms with Gasteiger partial charge in [-0.15, -0.1) is 0 Å². The van der Waals surface area contributed by atoms with E-state index in [9.17, 15) is 9.90 Å². The Labute approximate surface area is 185 Å². The van der Waals surface area contributed by atoms with E-state index in [1.54, 1.807) is 16.9 Å². The van der Waals surface area contributed by atoms with E-state index in [1.807, 2.05) is 6.92 Å². The van der Waals surface area contributed by atoms with Gasteiger partial charge in [-0.05, 0) is 111 Å². The molecule has 5 nitrogen and oxygen atoms in total. The highest BCUT2D eigenvalue weighted by Crippen LogP contribution is 2.74. The Bertz CT molecular complexity index is 945. The maximum absolute atomic E-state index is 13.5. The van der Waals surface area contributed by atoms with Crippen LogP contribution in [0.1, 0.15) is 70.9 Å². The Balaban J connectivity index is 1.22. The summed E-state index contributed by atoms with van der Waals surface area (Å²) in [6.45, 7) is 4.78. The van der Waals surface area contributed by atoms with Gasteiger partial charge in [0.05, 0.1) is 12.1 Å². The van der Waals surface area contributed by atoms with Crippen molar-refractivity contribution in [2.24, 2.45) is 52.8 Å². The average Bonchev–Trinajstić information content (AvgIpc) is 3.23. The fourth-order valence-corrected chi connectivity index (χ4v) is 9.42. The van der Waals surface area contributed by atoms with Gasteiger partial charge in [0, 0.05) is 12.1 Å². The second kappa shape index (κ2) is 6.67. The summed E-state index contributed by atoms with van der Waals surface area (Å²) in [5, 5.41) is 23.9. The summed E-state index contributed by atoms with van der Waals surface area (Å²) in [6, 6.07) is 3.75. The zero-order chi connectivity index (χ0) is 21.5. The zero-order valence-electron chi connectivity index (χ0n) is 18.8. The van der Waals surface area contributed by atoms with Gasteiger partial charge in [0.15, 0.2) is 11.5 Å². The smallest absolute Gasteiger partial charge is 0.162 e. The molecule has 1 N–H and O–H groups in total. The van der Waals surface area contributed by atoms with Crippen molar-refractivity contribution in [3.8, 4) is 6.07 Å². The Hall–Kier alpha value is -1.67. The van der Waals surface area contributed by atoms with Crippen LogP contribution in [0.3, 0.4) is 0 Å². The lowest BCUT2D eigenvalue weighted by molar-refractivity contribution is -0.136. The third-order valence-electron chi connectivity index (χ3n) is 10.4. The van der Waals surface area contributed by atoms with Crippen LogP contribution in [0.4, 0.5) is 0 Å². The van der Waals surface area contributed by atoms with Crippen LogP contribution in [0, 0.1) is 64.1 Å². The zero-order valence-corrected chi connectivity index (χ0v) is 18.8. The van der Waals surface area contributed by atoms with E-state index in [1.165, 1.54) is 38.5 Å². The minimum atomic E-state index is -0.457. The Kier molecular flexibility index (Phi) is 4.30. The summed E-state index contributed by atoms with van der Waals surface area (Å²) in [6.07, 6.45) is 11.2. The van der Waals surface area contributed by atoms with Crippen molar-refractivity contribution >= 4 is 5.78 Å². The van der Waals surface area contributed by atoms with E-state index < -0.39 is 5.60 Å². The van der Waals surface area contributed by atoms with E-state index in [4.69, 9.17) is 5.26 Å². The number of nitrogens with zero attached hydrogens (tertiary/aromatic N) is 3. The van der Waals surface area contributed by atoms with Crippen molar-refractivity contribution in [1.29, 1.82) is 5.26 Å². The summed E-state index contributed by atoms with van der Waals surface area (Å²) in [4.78, 5) is 13.5. The Morgan fingerprint density at radius 1 is 1.16 bits per heavy atom. The molecule has 1 aromatic rings. The lowest BCUT2D eigenvalue weighted by Crippen LogP contribution is -2.52. The molecular formula is C26H35N3O2. The molecule has 0 amide bonds. The van der Waals surface area contributed by atoms with Crippen LogP contribution >= 0.6 is 0 Å². The lowest BCUT2D eigenvalue weighted by Gasteiger charge is -2.57. The number of rotatable bonds is 3. The van der Waals surface area contributed by atoms with Crippen LogP contribution in [0.5, 0.6) is 0 Å². The van der Waals surface area contributed by atoms with E-state index in [2.05, 4.69) is 18.1 Å². The van der Waals surface area contributed by atoms with Crippen molar-refractivity contribution in [2.45, 2.75) is 77.4 Å². The highest BCUT2D eigenvalue weighted by atomic mass is 16.3. The van der Waals surface area contributed by atoms with Crippen LogP contribution in [-0.2, 0) is 11.3 Å². The van der Waals surface area contributed by atoms with Gasteiger partial charge in [-0.2, -0.15) is 10.4 Å². The number of hydrogen-bond acceptors (Lipinski definition) is 4.